The van der Waals surface area contributed by atoms with E-state index in [1.807, 2.05) is 0 Å². The van der Waals surface area contributed by atoms with Gasteiger partial charge in [-0.05, 0) is 42.7 Å². The molecule has 1 aromatic carbocycles. The molecule has 0 spiro atoms. The SMILES string of the molecule is OC(Cn1cncn1)(c1ccc(C#CC2CC2)cc1)C(F)(F)c1ccccn1. The molecule has 2 heterocycles. The highest BCUT2D eigenvalue weighted by atomic mass is 19.3. The minimum absolute atomic E-state index is 0.0515. The maximum absolute atomic E-state index is 15.4. The van der Waals surface area contributed by atoms with Crippen molar-refractivity contribution in [2.24, 2.45) is 5.92 Å². The molecule has 3 aromatic rings. The normalized spacial score (nSPS) is 16.1. The Balaban J connectivity index is 1.73. The van der Waals surface area contributed by atoms with Gasteiger partial charge in [0.1, 0.15) is 18.3 Å². The van der Waals surface area contributed by atoms with Crippen molar-refractivity contribution in [3.8, 4) is 11.8 Å². The lowest BCUT2D eigenvalue weighted by Crippen LogP contribution is -2.47. The van der Waals surface area contributed by atoms with Crippen LogP contribution >= 0.6 is 0 Å². The van der Waals surface area contributed by atoms with Gasteiger partial charge in [0, 0.05) is 17.7 Å². The van der Waals surface area contributed by atoms with Crippen molar-refractivity contribution in [1.29, 1.82) is 0 Å². The number of halogens is 2. The predicted octanol–water partition coefficient (Wildman–Crippen LogP) is 3.11. The molecule has 7 heteroatoms. The first-order valence-electron chi connectivity index (χ1n) is 8.95. The van der Waals surface area contributed by atoms with E-state index in [2.05, 4.69) is 26.9 Å². The molecule has 1 N–H and O–H groups in total. The third-order valence-corrected chi connectivity index (χ3v) is 4.72. The molecule has 0 aliphatic heterocycles. The van der Waals surface area contributed by atoms with Crippen molar-refractivity contribution in [3.05, 3.63) is 78.1 Å². The van der Waals surface area contributed by atoms with Crippen LogP contribution in [0.3, 0.4) is 0 Å². The summed E-state index contributed by atoms with van der Waals surface area (Å²) in [6.07, 6.45) is 6.01. The lowest BCUT2D eigenvalue weighted by molar-refractivity contribution is -0.206. The molecule has 1 fully saturated rings. The average Bonchev–Trinajstić information content (AvgIpc) is 3.42. The Kier molecular flexibility index (Phi) is 4.65. The molecule has 1 atom stereocenters. The van der Waals surface area contributed by atoms with Crippen molar-refractivity contribution in [3.63, 3.8) is 0 Å². The molecule has 142 valence electrons. The molecule has 1 saturated carbocycles. The van der Waals surface area contributed by atoms with Crippen LogP contribution in [-0.2, 0) is 18.1 Å². The van der Waals surface area contributed by atoms with Crippen molar-refractivity contribution >= 4 is 0 Å². The Morgan fingerprint density at radius 3 is 2.54 bits per heavy atom. The molecule has 0 amide bonds. The Morgan fingerprint density at radius 2 is 1.93 bits per heavy atom. The summed E-state index contributed by atoms with van der Waals surface area (Å²) in [5.41, 5.74) is -2.32. The van der Waals surface area contributed by atoms with Gasteiger partial charge in [-0.3, -0.25) is 4.98 Å². The van der Waals surface area contributed by atoms with Gasteiger partial charge in [0.05, 0.1) is 6.54 Å². The number of pyridine rings is 1. The number of aliphatic hydroxyl groups is 1. The lowest BCUT2D eigenvalue weighted by Gasteiger charge is -2.35. The summed E-state index contributed by atoms with van der Waals surface area (Å²) in [7, 11) is 0. The van der Waals surface area contributed by atoms with E-state index in [4.69, 9.17) is 0 Å². The minimum atomic E-state index is -3.67. The van der Waals surface area contributed by atoms with Crippen LogP contribution in [0.1, 0.15) is 29.7 Å². The summed E-state index contributed by atoms with van der Waals surface area (Å²) in [5.74, 6) is 2.95. The highest BCUT2D eigenvalue weighted by molar-refractivity contribution is 5.40. The maximum atomic E-state index is 15.4. The van der Waals surface area contributed by atoms with E-state index < -0.39 is 23.8 Å². The highest BCUT2D eigenvalue weighted by Gasteiger charge is 2.56. The first kappa shape index (κ1) is 18.3. The lowest BCUT2D eigenvalue weighted by atomic mass is 9.84. The fraction of sp³-hybridized carbons (Fsp3) is 0.286. The quantitative estimate of drug-likeness (QED) is 0.691. The topological polar surface area (TPSA) is 63.8 Å². The summed E-state index contributed by atoms with van der Waals surface area (Å²) >= 11 is 0. The summed E-state index contributed by atoms with van der Waals surface area (Å²) < 4.78 is 32.1. The zero-order valence-corrected chi connectivity index (χ0v) is 15.0. The van der Waals surface area contributed by atoms with Crippen molar-refractivity contribution in [2.45, 2.75) is 30.9 Å². The Morgan fingerprint density at radius 1 is 1.14 bits per heavy atom. The van der Waals surface area contributed by atoms with E-state index in [9.17, 15) is 5.11 Å². The molecule has 0 saturated heterocycles. The van der Waals surface area contributed by atoms with Crippen LogP contribution in [0.25, 0.3) is 0 Å². The second-order valence-electron chi connectivity index (χ2n) is 6.86. The van der Waals surface area contributed by atoms with Gasteiger partial charge in [-0.15, -0.1) is 0 Å². The van der Waals surface area contributed by atoms with Gasteiger partial charge >= 0.3 is 5.92 Å². The summed E-state index contributed by atoms with van der Waals surface area (Å²) in [6, 6.07) is 10.4. The number of benzene rings is 1. The van der Waals surface area contributed by atoms with Gasteiger partial charge in [-0.2, -0.15) is 13.9 Å². The zero-order chi connectivity index (χ0) is 19.6. The van der Waals surface area contributed by atoms with E-state index in [-0.39, 0.29) is 5.56 Å². The zero-order valence-electron chi connectivity index (χ0n) is 15.0. The van der Waals surface area contributed by atoms with Crippen molar-refractivity contribution < 1.29 is 13.9 Å². The molecule has 1 unspecified atom stereocenters. The van der Waals surface area contributed by atoms with Crippen LogP contribution in [0, 0.1) is 17.8 Å². The first-order valence-corrected chi connectivity index (χ1v) is 8.95. The summed E-state index contributed by atoms with van der Waals surface area (Å²) in [6.45, 7) is -0.482. The number of hydrogen-bond donors (Lipinski definition) is 1. The van der Waals surface area contributed by atoms with E-state index in [0.29, 0.717) is 5.92 Å². The fourth-order valence-electron chi connectivity index (χ4n) is 2.92. The Bertz CT molecular complexity index is 990. The van der Waals surface area contributed by atoms with E-state index >= 15 is 8.78 Å². The molecule has 28 heavy (non-hydrogen) atoms. The van der Waals surface area contributed by atoms with Crippen LogP contribution in [0.4, 0.5) is 8.78 Å². The average molecular weight is 380 g/mol. The summed E-state index contributed by atoms with van der Waals surface area (Å²) in [5, 5.41) is 15.1. The Labute approximate surface area is 161 Å². The fourth-order valence-corrected chi connectivity index (χ4v) is 2.92. The molecular weight excluding hydrogens is 362 g/mol. The van der Waals surface area contributed by atoms with Crippen LogP contribution < -0.4 is 0 Å². The Hall–Kier alpha value is -3.11. The standard InChI is InChI=1S/C21H18F2N4O/c22-21(23,19-3-1-2-12-25-19)20(28,13-27-15-24-14-26-27)18-10-8-17(9-11-18)7-6-16-4-5-16/h1-3,8-12,14-16,28H,4-5,13H2. The smallest absolute Gasteiger partial charge is 0.323 e. The molecule has 5 nitrogen and oxygen atoms in total. The van der Waals surface area contributed by atoms with E-state index in [0.717, 1.165) is 18.4 Å². The predicted molar refractivity (Wildman–Crippen MR) is 98.1 cm³/mol. The van der Waals surface area contributed by atoms with Crippen LogP contribution in [-0.4, -0.2) is 24.9 Å². The highest BCUT2D eigenvalue weighted by Crippen LogP contribution is 2.45. The van der Waals surface area contributed by atoms with E-state index in [1.54, 1.807) is 18.2 Å². The monoisotopic (exact) mass is 380 g/mol. The van der Waals surface area contributed by atoms with Crippen LogP contribution in [0.15, 0.2) is 61.3 Å². The number of hydrogen-bond acceptors (Lipinski definition) is 4. The van der Waals surface area contributed by atoms with Gasteiger partial charge in [0.2, 0.25) is 0 Å². The molecule has 2 aromatic heterocycles. The first-order chi connectivity index (χ1) is 13.5. The number of nitrogens with zero attached hydrogens (tertiary/aromatic N) is 4. The molecule has 0 radical (unpaired) electrons. The van der Waals surface area contributed by atoms with Gasteiger partial charge in [0.25, 0.3) is 0 Å². The minimum Gasteiger partial charge on any atom is -0.377 e. The van der Waals surface area contributed by atoms with Gasteiger partial charge < -0.3 is 5.11 Å². The summed E-state index contributed by atoms with van der Waals surface area (Å²) in [4.78, 5) is 7.54. The van der Waals surface area contributed by atoms with Gasteiger partial charge in [-0.25, -0.2) is 9.67 Å². The maximum Gasteiger partial charge on any atom is 0.323 e. The number of rotatable bonds is 5. The van der Waals surface area contributed by atoms with Crippen molar-refractivity contribution in [2.75, 3.05) is 0 Å². The second-order valence-corrected chi connectivity index (χ2v) is 6.86. The van der Waals surface area contributed by atoms with Gasteiger partial charge in [0.15, 0.2) is 5.60 Å². The van der Waals surface area contributed by atoms with Crippen molar-refractivity contribution in [1.82, 2.24) is 19.7 Å². The van der Waals surface area contributed by atoms with Gasteiger partial charge in [-0.1, -0.05) is 30.0 Å². The van der Waals surface area contributed by atoms with E-state index in [1.165, 1.54) is 47.8 Å². The number of aromatic nitrogens is 4. The van der Waals surface area contributed by atoms with Crippen LogP contribution in [0.2, 0.25) is 0 Å². The molecule has 1 aliphatic carbocycles. The molecule has 4 rings (SSSR count). The third kappa shape index (κ3) is 3.51. The molecule has 1 aliphatic rings. The largest absolute Gasteiger partial charge is 0.377 e. The number of alkyl halides is 2. The molecular formula is C21H18F2N4O. The third-order valence-electron chi connectivity index (χ3n) is 4.72. The second kappa shape index (κ2) is 7.13. The molecule has 0 bridgehead atoms. The van der Waals surface area contributed by atoms with Crippen LogP contribution in [0.5, 0.6) is 0 Å².